The molecule has 0 aliphatic carbocycles. The number of benzene rings is 3. The molecule has 0 aliphatic heterocycles. The second-order valence-corrected chi connectivity index (χ2v) is 6.56. The summed E-state index contributed by atoms with van der Waals surface area (Å²) in [4.78, 5) is 22.3. The molecule has 5 nitrogen and oxygen atoms in total. The van der Waals surface area contributed by atoms with E-state index in [-0.39, 0.29) is 6.61 Å². The molecular weight excluding hydrogens is 386 g/mol. The van der Waals surface area contributed by atoms with Gasteiger partial charge in [0.2, 0.25) is 0 Å². The Kier molecular flexibility index (Phi) is 4.99. The largest absolute Gasteiger partial charge is 0.465 e. The standard InChI is InChI=1S/C19H16BrNO4/c1-2-25-19(22)17(18(20)21(23)24)16-14-9-5-3-7-12(14)11-13-8-4-6-10-15(13)16/h3-11,17-18H,2H2,1H3. The SMILES string of the molecule is CCOC(=O)C(c1c2ccccc2cc2ccccc12)C(Br)[N+](=O)[O-]. The van der Waals surface area contributed by atoms with Crippen LogP contribution in [-0.2, 0) is 9.53 Å². The van der Waals surface area contributed by atoms with E-state index >= 15 is 0 Å². The van der Waals surface area contributed by atoms with Crippen LogP contribution in [0.25, 0.3) is 21.5 Å². The van der Waals surface area contributed by atoms with E-state index in [0.29, 0.717) is 5.56 Å². The van der Waals surface area contributed by atoms with Gasteiger partial charge in [0.05, 0.1) is 6.61 Å². The lowest BCUT2D eigenvalue weighted by molar-refractivity contribution is -0.494. The van der Waals surface area contributed by atoms with Crippen LogP contribution in [-0.4, -0.2) is 22.5 Å². The monoisotopic (exact) mass is 401 g/mol. The van der Waals surface area contributed by atoms with Gasteiger partial charge in [0.15, 0.2) is 5.92 Å². The number of nitrogens with zero attached hydrogens (tertiary/aromatic N) is 1. The van der Waals surface area contributed by atoms with Gasteiger partial charge >= 0.3 is 5.97 Å². The number of esters is 1. The van der Waals surface area contributed by atoms with Gasteiger partial charge in [-0.15, -0.1) is 0 Å². The molecule has 3 rings (SSSR count). The number of rotatable bonds is 5. The van der Waals surface area contributed by atoms with Crippen molar-refractivity contribution < 1.29 is 14.5 Å². The van der Waals surface area contributed by atoms with Crippen molar-refractivity contribution in [3.63, 3.8) is 0 Å². The van der Waals surface area contributed by atoms with Crippen LogP contribution >= 0.6 is 15.9 Å². The zero-order valence-electron chi connectivity index (χ0n) is 13.5. The van der Waals surface area contributed by atoms with Crippen LogP contribution in [0.5, 0.6) is 0 Å². The number of halogens is 1. The quantitative estimate of drug-likeness (QED) is 0.156. The number of alkyl halides is 1. The molecule has 0 heterocycles. The molecule has 0 aromatic heterocycles. The maximum absolute atomic E-state index is 12.6. The minimum Gasteiger partial charge on any atom is -0.465 e. The lowest BCUT2D eigenvalue weighted by Crippen LogP contribution is -2.30. The van der Waals surface area contributed by atoms with Gasteiger partial charge in [0, 0.05) is 4.92 Å². The molecule has 0 N–H and O–H groups in total. The van der Waals surface area contributed by atoms with Crippen LogP contribution in [0.1, 0.15) is 18.4 Å². The molecule has 25 heavy (non-hydrogen) atoms. The fourth-order valence-electron chi connectivity index (χ4n) is 3.11. The number of hydrogen-bond acceptors (Lipinski definition) is 4. The average Bonchev–Trinajstić information content (AvgIpc) is 2.61. The molecule has 0 saturated heterocycles. The van der Waals surface area contributed by atoms with Gasteiger partial charge in [-0.2, -0.15) is 0 Å². The number of carbonyl (C=O) groups is 1. The van der Waals surface area contributed by atoms with Crippen molar-refractivity contribution in [1.82, 2.24) is 0 Å². The Balaban J connectivity index is 2.38. The Hall–Kier alpha value is -2.47. The highest BCUT2D eigenvalue weighted by atomic mass is 79.9. The lowest BCUT2D eigenvalue weighted by atomic mass is 9.88. The predicted molar refractivity (Wildman–Crippen MR) is 101 cm³/mol. The number of hydrogen-bond donors (Lipinski definition) is 0. The van der Waals surface area contributed by atoms with Crippen LogP contribution in [0.3, 0.4) is 0 Å². The molecule has 6 heteroatoms. The number of fused-ring (bicyclic) bond motifs is 2. The molecule has 2 unspecified atom stereocenters. The maximum atomic E-state index is 12.6. The smallest absolute Gasteiger partial charge is 0.321 e. The summed E-state index contributed by atoms with van der Waals surface area (Å²) in [5.41, 5.74) is 0.616. The van der Waals surface area contributed by atoms with Crippen LogP contribution in [0.4, 0.5) is 0 Å². The van der Waals surface area contributed by atoms with E-state index < -0.39 is 21.8 Å². The number of ether oxygens (including phenoxy) is 1. The Morgan fingerprint density at radius 1 is 1.12 bits per heavy atom. The Labute approximate surface area is 152 Å². The minimum absolute atomic E-state index is 0.162. The first kappa shape index (κ1) is 17.4. The summed E-state index contributed by atoms with van der Waals surface area (Å²) in [6.07, 6.45) is 0. The fraction of sp³-hybridized carbons (Fsp3) is 0.211. The van der Waals surface area contributed by atoms with Gasteiger partial charge in [0.25, 0.3) is 4.95 Å². The van der Waals surface area contributed by atoms with Gasteiger partial charge in [-0.25, -0.2) is 0 Å². The lowest BCUT2D eigenvalue weighted by Gasteiger charge is -2.20. The average molecular weight is 402 g/mol. The summed E-state index contributed by atoms with van der Waals surface area (Å²) in [5, 5.41) is 14.9. The van der Waals surface area contributed by atoms with E-state index in [4.69, 9.17) is 4.74 Å². The highest BCUT2D eigenvalue weighted by molar-refractivity contribution is 9.09. The zero-order chi connectivity index (χ0) is 18.0. The van der Waals surface area contributed by atoms with Gasteiger partial charge in [-0.3, -0.25) is 14.9 Å². The Morgan fingerprint density at radius 2 is 1.64 bits per heavy atom. The van der Waals surface area contributed by atoms with Crippen LogP contribution < -0.4 is 0 Å². The van der Waals surface area contributed by atoms with E-state index in [1.54, 1.807) is 6.92 Å². The Bertz CT molecular complexity index is 902. The van der Waals surface area contributed by atoms with Crippen LogP contribution in [0.15, 0.2) is 54.6 Å². The van der Waals surface area contributed by atoms with Gasteiger partial charge < -0.3 is 4.74 Å². The summed E-state index contributed by atoms with van der Waals surface area (Å²) in [6.45, 7) is 1.85. The van der Waals surface area contributed by atoms with E-state index in [1.807, 2.05) is 54.6 Å². The van der Waals surface area contributed by atoms with E-state index in [0.717, 1.165) is 21.5 Å². The Morgan fingerprint density at radius 3 is 2.12 bits per heavy atom. The molecule has 3 aromatic carbocycles. The van der Waals surface area contributed by atoms with Gasteiger partial charge in [-0.1, -0.05) is 48.5 Å². The maximum Gasteiger partial charge on any atom is 0.321 e. The topological polar surface area (TPSA) is 69.4 Å². The number of carbonyl (C=O) groups excluding carboxylic acids is 1. The van der Waals surface area contributed by atoms with Crippen LogP contribution in [0, 0.1) is 10.1 Å². The molecule has 0 amide bonds. The molecule has 0 spiro atoms. The summed E-state index contributed by atoms with van der Waals surface area (Å²) < 4.78 is 5.15. The third kappa shape index (κ3) is 3.22. The van der Waals surface area contributed by atoms with Crippen molar-refractivity contribution in [3.8, 4) is 0 Å². The molecule has 0 fully saturated rings. The molecule has 0 aliphatic rings. The second-order valence-electron chi connectivity index (χ2n) is 5.62. The predicted octanol–water partition coefficient (Wildman–Crippen LogP) is 4.64. The van der Waals surface area contributed by atoms with E-state index in [9.17, 15) is 14.9 Å². The molecular formula is C19H16BrNO4. The first-order valence-electron chi connectivity index (χ1n) is 7.89. The molecule has 0 radical (unpaired) electrons. The third-order valence-corrected chi connectivity index (χ3v) is 5.00. The van der Waals surface area contributed by atoms with Crippen molar-refractivity contribution in [2.45, 2.75) is 17.8 Å². The van der Waals surface area contributed by atoms with E-state index in [1.165, 1.54) is 0 Å². The summed E-state index contributed by atoms with van der Waals surface area (Å²) in [7, 11) is 0. The van der Waals surface area contributed by atoms with Crippen molar-refractivity contribution in [2.75, 3.05) is 6.61 Å². The molecule has 0 bridgehead atoms. The first-order valence-corrected chi connectivity index (χ1v) is 8.80. The van der Waals surface area contributed by atoms with Gasteiger partial charge in [0.1, 0.15) is 0 Å². The molecule has 2 atom stereocenters. The van der Waals surface area contributed by atoms with E-state index in [2.05, 4.69) is 15.9 Å². The summed E-state index contributed by atoms with van der Waals surface area (Å²) >= 11 is 3.09. The first-order chi connectivity index (χ1) is 12.0. The highest BCUT2D eigenvalue weighted by Gasteiger charge is 2.39. The number of nitro groups is 1. The highest BCUT2D eigenvalue weighted by Crippen LogP contribution is 2.38. The minimum atomic E-state index is -1.28. The van der Waals surface area contributed by atoms with Crippen molar-refractivity contribution in [3.05, 3.63) is 70.3 Å². The molecule has 0 saturated carbocycles. The van der Waals surface area contributed by atoms with Gasteiger partial charge in [-0.05, 0) is 56.0 Å². The second kappa shape index (κ2) is 7.19. The normalized spacial score (nSPS) is 13.5. The molecule has 128 valence electrons. The van der Waals surface area contributed by atoms with Crippen molar-refractivity contribution in [2.24, 2.45) is 0 Å². The summed E-state index contributed by atoms with van der Waals surface area (Å²) in [6, 6.07) is 17.2. The van der Waals surface area contributed by atoms with Crippen molar-refractivity contribution in [1.29, 1.82) is 0 Å². The van der Waals surface area contributed by atoms with Crippen molar-refractivity contribution >= 4 is 43.4 Å². The third-order valence-electron chi connectivity index (χ3n) is 4.14. The summed E-state index contributed by atoms with van der Waals surface area (Å²) in [5.74, 6) is -1.66. The zero-order valence-corrected chi connectivity index (χ0v) is 15.1. The fourth-order valence-corrected chi connectivity index (χ4v) is 3.59. The molecule has 3 aromatic rings. The van der Waals surface area contributed by atoms with Crippen LogP contribution in [0.2, 0.25) is 0 Å².